The Labute approximate surface area is 189 Å². The smallest absolute Gasteiger partial charge is 0.309 e. The second kappa shape index (κ2) is 10.2. The molecule has 0 aromatic carbocycles. The SMILES string of the molecule is CCC1O[C@H]2C[C@@H](OC3CCCCO3)[C@H](CO[Si](C)(C)C(C)(C)C)[C@H]2CC[C@H]1C(=O)O. The van der Waals surface area contributed by atoms with E-state index in [2.05, 4.69) is 33.9 Å². The van der Waals surface area contributed by atoms with Crippen molar-refractivity contribution in [3.63, 3.8) is 0 Å². The van der Waals surface area contributed by atoms with Crippen molar-refractivity contribution < 1.29 is 28.5 Å². The van der Waals surface area contributed by atoms with Gasteiger partial charge in [-0.05, 0) is 62.6 Å². The van der Waals surface area contributed by atoms with E-state index in [0.717, 1.165) is 45.1 Å². The number of hydrogen-bond donors (Lipinski definition) is 1. The van der Waals surface area contributed by atoms with Gasteiger partial charge in [0.15, 0.2) is 14.6 Å². The fourth-order valence-corrected chi connectivity index (χ4v) is 6.19. The molecular formula is C24H44O6Si. The lowest BCUT2D eigenvalue weighted by atomic mass is 9.87. The van der Waals surface area contributed by atoms with E-state index in [9.17, 15) is 9.90 Å². The summed E-state index contributed by atoms with van der Waals surface area (Å²) < 4.78 is 25.5. The lowest BCUT2D eigenvalue weighted by molar-refractivity contribution is -0.198. The van der Waals surface area contributed by atoms with Crippen LogP contribution in [0.5, 0.6) is 0 Å². The molecule has 0 spiro atoms. The van der Waals surface area contributed by atoms with Crippen LogP contribution in [0.2, 0.25) is 18.1 Å². The summed E-state index contributed by atoms with van der Waals surface area (Å²) in [5.74, 6) is -0.658. The van der Waals surface area contributed by atoms with Gasteiger partial charge in [-0.15, -0.1) is 0 Å². The zero-order valence-corrected chi connectivity index (χ0v) is 21.4. The summed E-state index contributed by atoms with van der Waals surface area (Å²) in [7, 11) is -1.90. The van der Waals surface area contributed by atoms with Gasteiger partial charge in [-0.3, -0.25) is 4.79 Å². The number of carbonyl (C=O) groups is 1. The molecule has 6 nitrogen and oxygen atoms in total. The van der Waals surface area contributed by atoms with Crippen LogP contribution in [0.4, 0.5) is 0 Å². The summed E-state index contributed by atoms with van der Waals surface area (Å²) in [5, 5.41) is 9.87. The molecule has 3 aliphatic rings. The maximum absolute atomic E-state index is 11.8. The number of ether oxygens (including phenoxy) is 3. The van der Waals surface area contributed by atoms with Crippen molar-refractivity contribution in [3.8, 4) is 0 Å². The Morgan fingerprint density at radius 1 is 1.16 bits per heavy atom. The first-order valence-corrected chi connectivity index (χ1v) is 15.2. The predicted molar refractivity (Wildman–Crippen MR) is 123 cm³/mol. The average Bonchev–Trinajstić information content (AvgIpc) is 2.89. The molecule has 0 amide bonds. The Morgan fingerprint density at radius 3 is 2.48 bits per heavy atom. The molecule has 2 saturated heterocycles. The van der Waals surface area contributed by atoms with Crippen LogP contribution in [0.25, 0.3) is 0 Å². The monoisotopic (exact) mass is 456 g/mol. The first-order valence-electron chi connectivity index (χ1n) is 12.3. The number of hydrogen-bond acceptors (Lipinski definition) is 5. The third-order valence-corrected chi connectivity index (χ3v) is 12.7. The molecule has 0 radical (unpaired) electrons. The summed E-state index contributed by atoms with van der Waals surface area (Å²) >= 11 is 0. The minimum absolute atomic E-state index is 0.0379. The molecule has 7 heteroatoms. The minimum atomic E-state index is -1.90. The highest BCUT2D eigenvalue weighted by atomic mass is 28.4. The van der Waals surface area contributed by atoms with Crippen LogP contribution in [0, 0.1) is 17.8 Å². The molecule has 3 rings (SSSR count). The third kappa shape index (κ3) is 5.91. The summed E-state index contributed by atoms with van der Waals surface area (Å²) in [6.07, 6.45) is 5.97. The second-order valence-electron chi connectivity index (χ2n) is 11.2. The number of carboxylic acids is 1. The van der Waals surface area contributed by atoms with E-state index < -0.39 is 20.2 Å². The fourth-order valence-electron chi connectivity index (χ4n) is 5.15. The summed E-state index contributed by atoms with van der Waals surface area (Å²) in [6.45, 7) is 14.8. The van der Waals surface area contributed by atoms with E-state index in [4.69, 9.17) is 18.6 Å². The fraction of sp³-hybridized carbons (Fsp3) is 0.958. The molecule has 2 unspecified atom stereocenters. The van der Waals surface area contributed by atoms with Crippen LogP contribution in [-0.4, -0.2) is 57.2 Å². The maximum atomic E-state index is 11.8. The van der Waals surface area contributed by atoms with Crippen LogP contribution >= 0.6 is 0 Å². The van der Waals surface area contributed by atoms with Crippen LogP contribution < -0.4 is 0 Å². The summed E-state index contributed by atoms with van der Waals surface area (Å²) in [5.41, 5.74) is 0. The van der Waals surface area contributed by atoms with Gasteiger partial charge in [-0.25, -0.2) is 0 Å². The molecule has 0 aromatic heterocycles. The minimum Gasteiger partial charge on any atom is -0.481 e. The third-order valence-electron chi connectivity index (χ3n) is 8.21. The highest BCUT2D eigenvalue weighted by Crippen LogP contribution is 2.46. The Kier molecular flexibility index (Phi) is 8.28. The van der Waals surface area contributed by atoms with Crippen molar-refractivity contribution in [2.45, 2.75) is 115 Å². The number of fused-ring (bicyclic) bond motifs is 1. The van der Waals surface area contributed by atoms with Crippen molar-refractivity contribution in [1.29, 1.82) is 0 Å². The molecule has 1 aliphatic carbocycles. The van der Waals surface area contributed by atoms with Gasteiger partial charge < -0.3 is 23.7 Å². The molecule has 3 fully saturated rings. The van der Waals surface area contributed by atoms with E-state index in [1.54, 1.807) is 0 Å². The first kappa shape index (κ1) is 25.2. The molecule has 7 atom stereocenters. The Hall–Kier alpha value is -0.473. The van der Waals surface area contributed by atoms with Gasteiger partial charge >= 0.3 is 5.97 Å². The van der Waals surface area contributed by atoms with Crippen molar-refractivity contribution >= 4 is 14.3 Å². The van der Waals surface area contributed by atoms with Crippen molar-refractivity contribution in [3.05, 3.63) is 0 Å². The lowest BCUT2D eigenvalue weighted by Gasteiger charge is -2.38. The van der Waals surface area contributed by atoms with Gasteiger partial charge in [-0.1, -0.05) is 27.7 Å². The molecule has 0 bridgehead atoms. The normalized spacial score (nSPS) is 37.3. The van der Waals surface area contributed by atoms with Crippen molar-refractivity contribution in [2.24, 2.45) is 17.8 Å². The summed E-state index contributed by atoms with van der Waals surface area (Å²) in [6, 6.07) is 0. The average molecular weight is 457 g/mol. The van der Waals surface area contributed by atoms with Crippen molar-refractivity contribution in [1.82, 2.24) is 0 Å². The molecule has 1 saturated carbocycles. The largest absolute Gasteiger partial charge is 0.481 e. The highest BCUT2D eigenvalue weighted by Gasteiger charge is 2.50. The quantitative estimate of drug-likeness (QED) is 0.530. The van der Waals surface area contributed by atoms with Crippen LogP contribution in [0.3, 0.4) is 0 Å². The van der Waals surface area contributed by atoms with E-state index in [1.165, 1.54) is 0 Å². The zero-order valence-electron chi connectivity index (χ0n) is 20.4. The van der Waals surface area contributed by atoms with E-state index in [1.807, 2.05) is 6.92 Å². The topological polar surface area (TPSA) is 74.2 Å². The van der Waals surface area contributed by atoms with Gasteiger partial charge in [0.1, 0.15) is 0 Å². The number of aliphatic carboxylic acids is 1. The van der Waals surface area contributed by atoms with Gasteiger partial charge in [0, 0.05) is 25.6 Å². The number of rotatable bonds is 7. The Bertz CT molecular complexity index is 597. The van der Waals surface area contributed by atoms with Crippen LogP contribution in [-0.2, 0) is 23.4 Å². The number of carboxylic acid groups (broad SMARTS) is 1. The highest BCUT2D eigenvalue weighted by molar-refractivity contribution is 6.74. The molecule has 180 valence electrons. The van der Waals surface area contributed by atoms with Gasteiger partial charge in [0.2, 0.25) is 0 Å². The molecule has 0 aromatic rings. The molecular weight excluding hydrogens is 412 g/mol. The van der Waals surface area contributed by atoms with Crippen LogP contribution in [0.15, 0.2) is 0 Å². The Balaban J connectivity index is 1.76. The zero-order chi connectivity index (χ0) is 22.8. The molecule has 31 heavy (non-hydrogen) atoms. The van der Waals surface area contributed by atoms with E-state index >= 15 is 0 Å². The predicted octanol–water partition coefficient (Wildman–Crippen LogP) is 5.21. The summed E-state index contributed by atoms with van der Waals surface area (Å²) in [4.78, 5) is 11.8. The molecule has 2 heterocycles. The molecule has 1 N–H and O–H groups in total. The second-order valence-corrected chi connectivity index (χ2v) is 16.1. The maximum Gasteiger partial charge on any atom is 0.309 e. The van der Waals surface area contributed by atoms with Gasteiger partial charge in [0.05, 0.1) is 24.2 Å². The standard InChI is InChI=1S/C24H44O6Si/c1-7-19-17(23(25)26)12-11-16-18(15-28-31(5,6)24(2,3)4)21(14-20(16)29-19)30-22-10-8-9-13-27-22/h16-22H,7-15H2,1-6H3,(H,25,26)/t16-,17-,18-,19?,20+,21-,22?/m1/s1. The van der Waals surface area contributed by atoms with E-state index in [-0.39, 0.29) is 41.5 Å². The molecule has 2 aliphatic heterocycles. The van der Waals surface area contributed by atoms with Crippen LogP contribution in [0.1, 0.15) is 72.6 Å². The van der Waals surface area contributed by atoms with Crippen molar-refractivity contribution in [2.75, 3.05) is 13.2 Å². The lowest BCUT2D eigenvalue weighted by Crippen LogP contribution is -2.44. The van der Waals surface area contributed by atoms with Gasteiger partial charge in [-0.2, -0.15) is 0 Å². The van der Waals surface area contributed by atoms with Gasteiger partial charge in [0.25, 0.3) is 0 Å². The first-order chi connectivity index (χ1) is 14.5. The van der Waals surface area contributed by atoms with E-state index in [0.29, 0.717) is 13.0 Å². The Morgan fingerprint density at radius 2 is 1.90 bits per heavy atom.